The lowest BCUT2D eigenvalue weighted by atomic mass is 10.2. The summed E-state index contributed by atoms with van der Waals surface area (Å²) in [6.45, 7) is 0.492. The van der Waals surface area contributed by atoms with E-state index in [4.69, 9.17) is 9.84 Å². The van der Waals surface area contributed by atoms with Crippen molar-refractivity contribution in [2.45, 2.75) is 18.9 Å². The van der Waals surface area contributed by atoms with Gasteiger partial charge in [-0.25, -0.2) is 4.79 Å². The van der Waals surface area contributed by atoms with Crippen LogP contribution in [0.4, 0.5) is 0 Å². The predicted molar refractivity (Wildman–Crippen MR) is 74.4 cm³/mol. The van der Waals surface area contributed by atoms with Crippen LogP contribution in [-0.2, 0) is 9.59 Å². The number of carboxylic acid groups (broad SMARTS) is 1. The number of hydrogen-bond donors (Lipinski definition) is 1. The van der Waals surface area contributed by atoms with Gasteiger partial charge in [-0.2, -0.15) is 0 Å². The Bertz CT molecular complexity index is 538. The molecule has 0 radical (unpaired) electrons. The topological polar surface area (TPSA) is 66.8 Å². The van der Waals surface area contributed by atoms with E-state index in [2.05, 4.69) is 0 Å². The van der Waals surface area contributed by atoms with E-state index in [0.717, 1.165) is 12.0 Å². The molecule has 0 unspecified atom stereocenters. The van der Waals surface area contributed by atoms with Gasteiger partial charge in [0, 0.05) is 18.2 Å². The molecule has 0 saturated carbocycles. The zero-order valence-corrected chi connectivity index (χ0v) is 11.3. The molecule has 0 aliphatic carbocycles. The van der Waals surface area contributed by atoms with Gasteiger partial charge in [0.05, 0.1) is 7.11 Å². The van der Waals surface area contributed by atoms with Crippen molar-refractivity contribution in [2.75, 3.05) is 13.7 Å². The van der Waals surface area contributed by atoms with Gasteiger partial charge in [0.1, 0.15) is 11.8 Å². The van der Waals surface area contributed by atoms with Crippen molar-refractivity contribution in [3.05, 3.63) is 35.9 Å². The Labute approximate surface area is 117 Å². The highest BCUT2D eigenvalue weighted by molar-refractivity contribution is 5.95. The monoisotopic (exact) mass is 275 g/mol. The van der Waals surface area contributed by atoms with E-state index in [0.29, 0.717) is 18.7 Å². The molecule has 1 amide bonds. The van der Waals surface area contributed by atoms with Crippen LogP contribution in [0.5, 0.6) is 5.75 Å². The van der Waals surface area contributed by atoms with Crippen LogP contribution < -0.4 is 4.74 Å². The van der Waals surface area contributed by atoms with Gasteiger partial charge >= 0.3 is 5.97 Å². The van der Waals surface area contributed by atoms with E-state index in [9.17, 15) is 9.59 Å². The molecule has 0 aromatic heterocycles. The largest absolute Gasteiger partial charge is 0.496 e. The van der Waals surface area contributed by atoms with Crippen molar-refractivity contribution in [2.24, 2.45) is 0 Å². The lowest BCUT2D eigenvalue weighted by Crippen LogP contribution is -2.39. The van der Waals surface area contributed by atoms with Gasteiger partial charge in [0.25, 0.3) is 0 Å². The molecule has 5 heteroatoms. The number of nitrogens with zero attached hydrogens (tertiary/aromatic N) is 1. The van der Waals surface area contributed by atoms with Gasteiger partial charge in [0.2, 0.25) is 5.91 Å². The van der Waals surface area contributed by atoms with Gasteiger partial charge in [-0.05, 0) is 25.0 Å². The molecule has 1 saturated heterocycles. The van der Waals surface area contributed by atoms with Crippen molar-refractivity contribution in [1.29, 1.82) is 0 Å². The van der Waals surface area contributed by atoms with Crippen LogP contribution in [0.15, 0.2) is 30.3 Å². The molecule has 5 nitrogen and oxygen atoms in total. The van der Waals surface area contributed by atoms with Gasteiger partial charge in [0.15, 0.2) is 0 Å². The molecule has 1 N–H and O–H groups in total. The van der Waals surface area contributed by atoms with Gasteiger partial charge < -0.3 is 14.7 Å². The minimum absolute atomic E-state index is 0.277. The number of benzene rings is 1. The number of hydrogen-bond acceptors (Lipinski definition) is 3. The lowest BCUT2D eigenvalue weighted by Gasteiger charge is -2.19. The van der Waals surface area contributed by atoms with Crippen molar-refractivity contribution >= 4 is 18.0 Å². The first-order valence-corrected chi connectivity index (χ1v) is 6.48. The lowest BCUT2D eigenvalue weighted by molar-refractivity contribution is -0.146. The Balaban J connectivity index is 2.11. The highest BCUT2D eigenvalue weighted by Gasteiger charge is 2.32. The highest BCUT2D eigenvalue weighted by atomic mass is 16.5. The first kappa shape index (κ1) is 14.1. The molecule has 0 bridgehead atoms. The molecule has 1 fully saturated rings. The SMILES string of the molecule is COc1ccccc1C=CC(=O)N1CCC[C@H]1C(=O)O. The van der Waals surface area contributed by atoms with E-state index in [1.807, 2.05) is 18.2 Å². The summed E-state index contributed by atoms with van der Waals surface area (Å²) in [5.41, 5.74) is 0.787. The molecule has 20 heavy (non-hydrogen) atoms. The maximum absolute atomic E-state index is 12.1. The Morgan fingerprint density at radius 2 is 2.15 bits per heavy atom. The van der Waals surface area contributed by atoms with Crippen LogP contribution >= 0.6 is 0 Å². The van der Waals surface area contributed by atoms with Crippen molar-refractivity contribution < 1.29 is 19.4 Å². The number of carbonyl (C=O) groups is 2. The summed E-state index contributed by atoms with van der Waals surface area (Å²) in [5.74, 6) is -0.546. The third kappa shape index (κ3) is 2.99. The zero-order chi connectivity index (χ0) is 14.5. The number of para-hydroxylation sites is 1. The second-order valence-electron chi connectivity index (χ2n) is 4.60. The molecule has 1 aromatic carbocycles. The maximum atomic E-state index is 12.1. The number of carbonyl (C=O) groups excluding carboxylic acids is 1. The molecule has 106 valence electrons. The quantitative estimate of drug-likeness (QED) is 0.851. The first-order valence-electron chi connectivity index (χ1n) is 6.48. The summed E-state index contributed by atoms with van der Waals surface area (Å²) < 4.78 is 5.19. The predicted octanol–water partition coefficient (Wildman–Crippen LogP) is 1.78. The summed E-state index contributed by atoms with van der Waals surface area (Å²) >= 11 is 0. The summed E-state index contributed by atoms with van der Waals surface area (Å²) in [6.07, 6.45) is 4.30. The summed E-state index contributed by atoms with van der Waals surface area (Å²) in [4.78, 5) is 24.5. The standard InChI is InChI=1S/C15H17NO4/c1-20-13-7-3-2-5-11(13)8-9-14(17)16-10-4-6-12(16)15(18)19/h2-3,5,7-9,12H,4,6,10H2,1H3,(H,18,19)/t12-/m0/s1. The second-order valence-corrected chi connectivity index (χ2v) is 4.60. The van der Waals surface area contributed by atoms with Crippen LogP contribution in [0.25, 0.3) is 6.08 Å². The Morgan fingerprint density at radius 3 is 2.85 bits per heavy atom. The molecule has 1 aliphatic rings. The Kier molecular flexibility index (Phi) is 4.40. The fraction of sp³-hybridized carbons (Fsp3) is 0.333. The molecular formula is C15H17NO4. The number of likely N-dealkylation sites (tertiary alicyclic amines) is 1. The Hall–Kier alpha value is -2.30. The third-order valence-electron chi connectivity index (χ3n) is 3.37. The number of carboxylic acids is 1. The number of rotatable bonds is 4. The first-order chi connectivity index (χ1) is 9.63. The smallest absolute Gasteiger partial charge is 0.326 e. The molecule has 1 heterocycles. The normalized spacial score (nSPS) is 18.4. The van der Waals surface area contributed by atoms with Crippen molar-refractivity contribution in [1.82, 2.24) is 4.90 Å². The van der Waals surface area contributed by atoms with Crippen LogP contribution in [-0.4, -0.2) is 41.6 Å². The van der Waals surface area contributed by atoms with Crippen molar-refractivity contribution in [3.8, 4) is 5.75 Å². The van der Waals surface area contributed by atoms with E-state index in [1.165, 1.54) is 11.0 Å². The third-order valence-corrected chi connectivity index (χ3v) is 3.37. The van der Waals surface area contributed by atoms with Crippen LogP contribution in [0.1, 0.15) is 18.4 Å². The fourth-order valence-electron chi connectivity index (χ4n) is 2.35. The van der Waals surface area contributed by atoms with E-state index in [1.54, 1.807) is 19.3 Å². The molecule has 1 aromatic rings. The van der Waals surface area contributed by atoms with Gasteiger partial charge in [-0.1, -0.05) is 18.2 Å². The minimum atomic E-state index is -0.943. The molecule has 1 aliphatic heterocycles. The van der Waals surface area contributed by atoms with Crippen molar-refractivity contribution in [3.63, 3.8) is 0 Å². The Morgan fingerprint density at radius 1 is 1.40 bits per heavy atom. The molecule has 1 atom stereocenters. The van der Waals surface area contributed by atoms with E-state index in [-0.39, 0.29) is 5.91 Å². The molecular weight excluding hydrogens is 258 g/mol. The maximum Gasteiger partial charge on any atom is 0.326 e. The molecule has 0 spiro atoms. The molecule has 2 rings (SSSR count). The second kappa shape index (κ2) is 6.23. The average Bonchev–Trinajstić information content (AvgIpc) is 2.94. The van der Waals surface area contributed by atoms with Gasteiger partial charge in [-0.15, -0.1) is 0 Å². The van der Waals surface area contributed by atoms with Gasteiger partial charge in [-0.3, -0.25) is 4.79 Å². The average molecular weight is 275 g/mol. The summed E-state index contributed by atoms with van der Waals surface area (Å²) in [5, 5.41) is 9.06. The highest BCUT2D eigenvalue weighted by Crippen LogP contribution is 2.21. The summed E-state index contributed by atoms with van der Waals surface area (Å²) in [7, 11) is 1.56. The number of aliphatic carboxylic acids is 1. The van der Waals surface area contributed by atoms with Crippen LogP contribution in [0.2, 0.25) is 0 Å². The fourth-order valence-corrected chi connectivity index (χ4v) is 2.35. The minimum Gasteiger partial charge on any atom is -0.496 e. The van der Waals surface area contributed by atoms with E-state index < -0.39 is 12.0 Å². The number of methoxy groups -OCH3 is 1. The van der Waals surface area contributed by atoms with E-state index >= 15 is 0 Å². The van der Waals surface area contributed by atoms with Crippen LogP contribution in [0.3, 0.4) is 0 Å². The number of amides is 1. The van der Waals surface area contributed by atoms with Crippen LogP contribution in [0, 0.1) is 0 Å². The zero-order valence-electron chi connectivity index (χ0n) is 11.3. The summed E-state index contributed by atoms with van der Waals surface area (Å²) in [6, 6.07) is 6.63. The number of ether oxygens (including phenoxy) is 1.